The highest BCUT2D eigenvalue weighted by Crippen LogP contribution is 2.22. The Morgan fingerprint density at radius 2 is 1.74 bits per heavy atom. The van der Waals surface area contributed by atoms with Crippen molar-refractivity contribution in [2.24, 2.45) is 5.92 Å². The van der Waals surface area contributed by atoms with Crippen molar-refractivity contribution in [2.75, 3.05) is 32.8 Å². The van der Waals surface area contributed by atoms with E-state index in [1.165, 1.54) is 5.56 Å². The highest BCUT2D eigenvalue weighted by Gasteiger charge is 2.31. The lowest BCUT2D eigenvalue weighted by atomic mass is 10.0. The number of nitrogens with zero attached hydrogens (tertiary/aromatic N) is 1. The van der Waals surface area contributed by atoms with E-state index in [4.69, 9.17) is 9.47 Å². The number of likely N-dealkylation sites (tertiary alicyclic amines) is 1. The molecule has 2 aliphatic heterocycles. The third-order valence-corrected chi connectivity index (χ3v) is 5.99. The zero-order valence-electron chi connectivity index (χ0n) is 17.8. The number of hydrogen-bond acceptors (Lipinski definition) is 4. The summed E-state index contributed by atoms with van der Waals surface area (Å²) in [6.45, 7) is 3.30. The van der Waals surface area contributed by atoms with Crippen LogP contribution in [0, 0.1) is 5.92 Å². The lowest BCUT2D eigenvalue weighted by Crippen LogP contribution is -2.44. The maximum atomic E-state index is 12.5. The van der Waals surface area contributed by atoms with Crippen molar-refractivity contribution < 1.29 is 19.1 Å². The second-order valence-electron chi connectivity index (χ2n) is 8.22. The summed E-state index contributed by atoms with van der Waals surface area (Å²) in [4.78, 5) is 26.8. The summed E-state index contributed by atoms with van der Waals surface area (Å²) in [6, 6.07) is 17.4. The predicted molar refractivity (Wildman–Crippen MR) is 118 cm³/mol. The number of carbonyl (C=O) groups is 2. The number of piperidine rings is 1. The van der Waals surface area contributed by atoms with E-state index >= 15 is 0 Å². The monoisotopic (exact) mass is 422 g/mol. The van der Waals surface area contributed by atoms with Crippen LogP contribution in [-0.2, 0) is 16.0 Å². The van der Waals surface area contributed by atoms with Gasteiger partial charge in [-0.15, -0.1) is 0 Å². The third kappa shape index (κ3) is 5.85. The van der Waals surface area contributed by atoms with Gasteiger partial charge in [0, 0.05) is 44.6 Å². The minimum atomic E-state index is -0.0785. The molecule has 2 fully saturated rings. The van der Waals surface area contributed by atoms with Crippen molar-refractivity contribution in [2.45, 2.75) is 31.8 Å². The summed E-state index contributed by atoms with van der Waals surface area (Å²) in [6.07, 6.45) is 3.38. The SMILES string of the molecule is O=C(NCCc1ccccc1)c1ccc(OC2CCN(C(=O)[C@@H]3CCOC3)CC2)cc1. The summed E-state index contributed by atoms with van der Waals surface area (Å²) in [5.41, 5.74) is 1.83. The van der Waals surface area contributed by atoms with Gasteiger partial charge in [-0.3, -0.25) is 9.59 Å². The smallest absolute Gasteiger partial charge is 0.251 e. The van der Waals surface area contributed by atoms with E-state index in [-0.39, 0.29) is 23.8 Å². The van der Waals surface area contributed by atoms with Crippen molar-refractivity contribution >= 4 is 11.8 Å². The van der Waals surface area contributed by atoms with Gasteiger partial charge in [0.25, 0.3) is 5.91 Å². The van der Waals surface area contributed by atoms with Gasteiger partial charge < -0.3 is 19.7 Å². The highest BCUT2D eigenvalue weighted by atomic mass is 16.5. The van der Waals surface area contributed by atoms with Crippen LogP contribution in [0.3, 0.4) is 0 Å². The highest BCUT2D eigenvalue weighted by molar-refractivity contribution is 5.94. The first kappa shape index (κ1) is 21.4. The minimum absolute atomic E-state index is 0.0313. The molecule has 0 spiro atoms. The molecule has 1 N–H and O–H groups in total. The molecule has 2 aromatic carbocycles. The Kier molecular flexibility index (Phi) is 7.20. The average molecular weight is 423 g/mol. The summed E-state index contributed by atoms with van der Waals surface area (Å²) in [5, 5.41) is 2.96. The molecule has 31 heavy (non-hydrogen) atoms. The number of nitrogens with one attached hydrogen (secondary N) is 1. The van der Waals surface area contributed by atoms with E-state index in [1.807, 2.05) is 35.2 Å². The normalized spacial score (nSPS) is 19.2. The Labute approximate surface area is 183 Å². The van der Waals surface area contributed by atoms with Gasteiger partial charge in [-0.25, -0.2) is 0 Å². The van der Waals surface area contributed by atoms with Crippen LogP contribution in [0.25, 0.3) is 0 Å². The number of rotatable bonds is 7. The molecule has 0 unspecified atom stereocenters. The fourth-order valence-electron chi connectivity index (χ4n) is 4.13. The quantitative estimate of drug-likeness (QED) is 0.745. The maximum absolute atomic E-state index is 12.5. The Hall–Kier alpha value is -2.86. The summed E-state index contributed by atoms with van der Waals surface area (Å²) >= 11 is 0. The van der Waals surface area contributed by atoms with Crippen LogP contribution in [0.4, 0.5) is 0 Å². The minimum Gasteiger partial charge on any atom is -0.490 e. The fraction of sp³-hybridized carbons (Fsp3) is 0.440. The van der Waals surface area contributed by atoms with Crippen molar-refractivity contribution in [3.8, 4) is 5.75 Å². The molecule has 2 saturated heterocycles. The standard InChI is InChI=1S/C25H30N2O4/c28-24(26-14-10-19-4-2-1-3-5-19)20-6-8-22(9-7-20)31-23-11-15-27(16-12-23)25(29)21-13-17-30-18-21/h1-9,21,23H,10-18H2,(H,26,28)/t21-/m1/s1. The van der Waals surface area contributed by atoms with Gasteiger partial charge in [0.05, 0.1) is 12.5 Å². The number of hydrogen-bond donors (Lipinski definition) is 1. The second kappa shape index (κ2) is 10.4. The first-order valence-corrected chi connectivity index (χ1v) is 11.1. The molecule has 2 aromatic rings. The van der Waals surface area contributed by atoms with Gasteiger partial charge in [0.2, 0.25) is 5.91 Å². The number of benzene rings is 2. The van der Waals surface area contributed by atoms with Crippen LogP contribution in [0.15, 0.2) is 54.6 Å². The van der Waals surface area contributed by atoms with Crippen LogP contribution in [-0.4, -0.2) is 55.7 Å². The number of ether oxygens (including phenoxy) is 2. The summed E-state index contributed by atoms with van der Waals surface area (Å²) < 4.78 is 11.4. The first-order chi connectivity index (χ1) is 15.2. The molecule has 0 aromatic heterocycles. The van der Waals surface area contributed by atoms with Crippen molar-refractivity contribution in [1.82, 2.24) is 10.2 Å². The van der Waals surface area contributed by atoms with E-state index in [9.17, 15) is 9.59 Å². The molecule has 1 atom stereocenters. The first-order valence-electron chi connectivity index (χ1n) is 11.1. The van der Waals surface area contributed by atoms with Gasteiger partial charge in [0.15, 0.2) is 0 Å². The molecule has 0 radical (unpaired) electrons. The van der Waals surface area contributed by atoms with E-state index in [0.717, 1.165) is 44.5 Å². The van der Waals surface area contributed by atoms with Gasteiger partial charge >= 0.3 is 0 Å². The molecule has 2 heterocycles. The number of amides is 2. The molecule has 4 rings (SSSR count). The Morgan fingerprint density at radius 1 is 1.00 bits per heavy atom. The Bertz CT molecular complexity index is 855. The topological polar surface area (TPSA) is 67.9 Å². The fourth-order valence-corrected chi connectivity index (χ4v) is 4.13. The summed E-state index contributed by atoms with van der Waals surface area (Å²) in [7, 11) is 0. The molecule has 164 valence electrons. The van der Waals surface area contributed by atoms with Crippen molar-refractivity contribution in [1.29, 1.82) is 0 Å². The van der Waals surface area contributed by atoms with E-state index in [0.29, 0.717) is 25.3 Å². The molecule has 2 aliphatic rings. The average Bonchev–Trinajstić information content (AvgIpc) is 3.35. The zero-order chi connectivity index (χ0) is 21.5. The maximum Gasteiger partial charge on any atom is 0.251 e. The van der Waals surface area contributed by atoms with E-state index in [2.05, 4.69) is 17.4 Å². The van der Waals surface area contributed by atoms with Gasteiger partial charge in [-0.2, -0.15) is 0 Å². The molecule has 6 heteroatoms. The molecular weight excluding hydrogens is 392 g/mol. The van der Waals surface area contributed by atoms with Crippen molar-refractivity contribution in [3.63, 3.8) is 0 Å². The van der Waals surface area contributed by atoms with Gasteiger partial charge in [0.1, 0.15) is 11.9 Å². The van der Waals surface area contributed by atoms with Crippen LogP contribution in [0.5, 0.6) is 5.75 Å². The van der Waals surface area contributed by atoms with E-state index < -0.39 is 0 Å². The molecule has 0 aliphatic carbocycles. The number of carbonyl (C=O) groups excluding carboxylic acids is 2. The zero-order valence-corrected chi connectivity index (χ0v) is 17.8. The molecule has 2 amide bonds. The van der Waals surface area contributed by atoms with Crippen LogP contribution in [0.2, 0.25) is 0 Å². The lowest BCUT2D eigenvalue weighted by molar-refractivity contribution is -0.137. The second-order valence-corrected chi connectivity index (χ2v) is 8.22. The molecular formula is C25H30N2O4. The largest absolute Gasteiger partial charge is 0.490 e. The van der Waals surface area contributed by atoms with Crippen LogP contribution in [0.1, 0.15) is 35.2 Å². The molecule has 6 nitrogen and oxygen atoms in total. The van der Waals surface area contributed by atoms with Gasteiger partial charge in [-0.05, 0) is 42.7 Å². The van der Waals surface area contributed by atoms with Gasteiger partial charge in [-0.1, -0.05) is 30.3 Å². The predicted octanol–water partition coefficient (Wildman–Crippen LogP) is 3.07. The van der Waals surface area contributed by atoms with Crippen LogP contribution >= 0.6 is 0 Å². The third-order valence-electron chi connectivity index (χ3n) is 5.99. The van der Waals surface area contributed by atoms with Crippen molar-refractivity contribution in [3.05, 3.63) is 65.7 Å². The summed E-state index contributed by atoms with van der Waals surface area (Å²) in [5.74, 6) is 0.933. The lowest BCUT2D eigenvalue weighted by Gasteiger charge is -2.33. The Morgan fingerprint density at radius 3 is 2.42 bits per heavy atom. The molecule has 0 bridgehead atoms. The van der Waals surface area contributed by atoms with Crippen LogP contribution < -0.4 is 10.1 Å². The Balaban J connectivity index is 1.20. The van der Waals surface area contributed by atoms with E-state index in [1.54, 1.807) is 12.1 Å². The molecule has 0 saturated carbocycles.